The zero-order valence-electron chi connectivity index (χ0n) is 31.9. The van der Waals surface area contributed by atoms with E-state index in [-0.39, 0.29) is 49.0 Å². The third-order valence-electron chi connectivity index (χ3n) is 10.8. The highest BCUT2D eigenvalue weighted by atomic mass is 32.2. The van der Waals surface area contributed by atoms with Gasteiger partial charge in [0.15, 0.2) is 0 Å². The lowest BCUT2D eigenvalue weighted by Crippen LogP contribution is -2.58. The van der Waals surface area contributed by atoms with Crippen LogP contribution in [0.1, 0.15) is 100 Å². The molecule has 1 aromatic carbocycles. The lowest BCUT2D eigenvalue weighted by molar-refractivity contribution is -0.141. The van der Waals surface area contributed by atoms with Gasteiger partial charge in [-0.05, 0) is 83.1 Å². The van der Waals surface area contributed by atoms with Gasteiger partial charge in [0.05, 0.1) is 13.1 Å². The molecule has 1 saturated carbocycles. The molecule has 3 aliphatic heterocycles. The van der Waals surface area contributed by atoms with Crippen LogP contribution in [0.15, 0.2) is 28.5 Å². The Hall–Kier alpha value is -4.25. The Morgan fingerprint density at radius 1 is 1.04 bits per heavy atom. The smallest absolute Gasteiger partial charge is 0.410 e. The van der Waals surface area contributed by atoms with Crippen LogP contribution in [-0.4, -0.2) is 84.0 Å². The highest BCUT2D eigenvalue weighted by molar-refractivity contribution is 7.92. The third-order valence-corrected chi connectivity index (χ3v) is 13.8. The van der Waals surface area contributed by atoms with Crippen molar-refractivity contribution in [1.29, 1.82) is 0 Å². The largest absolute Gasteiger partial charge is 0.444 e. The van der Waals surface area contributed by atoms with Crippen LogP contribution in [0.4, 0.5) is 14.0 Å². The molecule has 3 N–H and O–H groups in total. The Morgan fingerprint density at radius 2 is 1.75 bits per heavy atom. The summed E-state index contributed by atoms with van der Waals surface area (Å²) in [6.07, 6.45) is 2.12. The van der Waals surface area contributed by atoms with Crippen molar-refractivity contribution < 1.29 is 46.3 Å². The molecule has 17 heteroatoms. The highest BCUT2D eigenvalue weighted by Crippen LogP contribution is 2.48. The second-order valence-corrected chi connectivity index (χ2v) is 19.3. The van der Waals surface area contributed by atoms with E-state index in [1.54, 1.807) is 46.8 Å². The summed E-state index contributed by atoms with van der Waals surface area (Å²) < 4.78 is 54.7. The summed E-state index contributed by atoms with van der Waals surface area (Å²) >= 11 is 1.04. The maximum Gasteiger partial charge on any atom is 0.410 e. The number of aryl methyl sites for hydroxylation is 2. The quantitative estimate of drug-likeness (QED) is 0.377. The van der Waals surface area contributed by atoms with Crippen LogP contribution >= 0.6 is 11.3 Å². The van der Waals surface area contributed by atoms with Gasteiger partial charge in [0.2, 0.25) is 11.8 Å². The number of alkyl carbamates (subject to hydrolysis) is 1. The summed E-state index contributed by atoms with van der Waals surface area (Å²) in [6, 6.07) is 3.79. The van der Waals surface area contributed by atoms with Crippen LogP contribution < -0.4 is 15.4 Å². The zero-order valence-corrected chi connectivity index (χ0v) is 33.5. The van der Waals surface area contributed by atoms with Crippen LogP contribution in [0.2, 0.25) is 0 Å². The number of amides is 5. The van der Waals surface area contributed by atoms with Crippen LogP contribution in [0.25, 0.3) is 0 Å². The second-order valence-electron chi connectivity index (χ2n) is 16.1. The number of nitrogens with one attached hydrogen (secondary N) is 3. The van der Waals surface area contributed by atoms with E-state index in [1.165, 1.54) is 21.9 Å². The van der Waals surface area contributed by atoms with E-state index in [9.17, 15) is 36.8 Å². The summed E-state index contributed by atoms with van der Waals surface area (Å²) in [5.74, 6) is -2.95. The number of benzene rings is 1. The van der Waals surface area contributed by atoms with Crippen molar-refractivity contribution in [3.63, 3.8) is 0 Å². The van der Waals surface area contributed by atoms with Crippen LogP contribution in [0.3, 0.4) is 0 Å². The Morgan fingerprint density at radius 3 is 2.42 bits per heavy atom. The monoisotopic (exact) mass is 803 g/mol. The van der Waals surface area contributed by atoms with Gasteiger partial charge in [-0.25, -0.2) is 27.1 Å². The van der Waals surface area contributed by atoms with E-state index < -0.39 is 75.1 Å². The molecule has 1 aromatic heterocycles. The molecule has 0 radical (unpaired) electrons. The van der Waals surface area contributed by atoms with Gasteiger partial charge >= 0.3 is 12.2 Å². The van der Waals surface area contributed by atoms with Crippen LogP contribution in [0.5, 0.6) is 0 Å². The van der Waals surface area contributed by atoms with Crippen LogP contribution in [0, 0.1) is 25.6 Å². The van der Waals surface area contributed by atoms with Gasteiger partial charge in [0, 0.05) is 23.4 Å². The minimum Gasteiger partial charge on any atom is -0.444 e. The number of ether oxygens (including phenoxy) is 2. The van der Waals surface area contributed by atoms with Crippen molar-refractivity contribution in [2.24, 2.45) is 5.92 Å². The summed E-state index contributed by atoms with van der Waals surface area (Å²) in [4.78, 5) is 72.4. The molecule has 5 atom stereocenters. The predicted molar refractivity (Wildman–Crippen MR) is 200 cm³/mol. The second kappa shape index (κ2) is 15.7. The highest BCUT2D eigenvalue weighted by Gasteiger charge is 2.62. The normalized spacial score (nSPS) is 26.1. The molecule has 55 heavy (non-hydrogen) atoms. The lowest BCUT2D eigenvalue weighted by Gasteiger charge is -2.30. The fourth-order valence-corrected chi connectivity index (χ4v) is 10.2. The molecule has 6 rings (SSSR count). The van der Waals surface area contributed by atoms with E-state index in [0.29, 0.717) is 24.0 Å². The molecule has 4 heterocycles. The molecule has 300 valence electrons. The molecule has 3 fully saturated rings. The van der Waals surface area contributed by atoms with Gasteiger partial charge in [0.25, 0.3) is 15.9 Å². The van der Waals surface area contributed by atoms with E-state index in [1.807, 2.05) is 0 Å². The zero-order chi connectivity index (χ0) is 39.9. The van der Waals surface area contributed by atoms with Gasteiger partial charge in [-0.3, -0.25) is 19.3 Å². The first-order chi connectivity index (χ1) is 25.9. The molecule has 1 aliphatic carbocycles. The Labute approximate surface area is 324 Å². The van der Waals surface area contributed by atoms with Crippen molar-refractivity contribution >= 4 is 51.3 Å². The van der Waals surface area contributed by atoms with E-state index in [4.69, 9.17) is 9.47 Å². The topological polar surface area (TPSA) is 181 Å². The lowest BCUT2D eigenvalue weighted by atomic mass is 10.0. The van der Waals surface area contributed by atoms with Gasteiger partial charge < -0.3 is 25.0 Å². The summed E-state index contributed by atoms with van der Waals surface area (Å²) in [5.41, 5.74) is -0.585. The molecule has 0 bridgehead atoms. The molecule has 0 unspecified atom stereocenters. The van der Waals surface area contributed by atoms with Gasteiger partial charge in [-0.15, -0.1) is 11.3 Å². The summed E-state index contributed by atoms with van der Waals surface area (Å²) in [6.45, 7) is 8.58. The maximum atomic E-state index is 14.5. The Bertz CT molecular complexity index is 1940. The van der Waals surface area contributed by atoms with Crippen LogP contribution in [-0.2, 0) is 47.0 Å². The number of rotatable bonds is 5. The molecular formula is C38H50FN5O9S2. The fraction of sp³-hybridized carbons (Fsp3) is 0.605. The maximum absolute atomic E-state index is 14.5. The first-order valence-electron chi connectivity index (χ1n) is 18.8. The number of hydrogen-bond donors (Lipinski definition) is 3. The summed E-state index contributed by atoms with van der Waals surface area (Å²) in [7, 11) is -4.25. The van der Waals surface area contributed by atoms with Crippen molar-refractivity contribution in [2.45, 2.75) is 139 Å². The fourth-order valence-electron chi connectivity index (χ4n) is 7.68. The average molecular weight is 804 g/mol. The van der Waals surface area contributed by atoms with Gasteiger partial charge in [0.1, 0.15) is 39.4 Å². The van der Waals surface area contributed by atoms with Crippen molar-refractivity contribution in [3.05, 3.63) is 51.7 Å². The first kappa shape index (κ1) is 40.4. The molecule has 14 nitrogen and oxygen atoms in total. The molecular weight excluding hydrogens is 754 g/mol. The van der Waals surface area contributed by atoms with Crippen molar-refractivity contribution in [3.8, 4) is 0 Å². The number of carbonyl (C=O) groups excluding carboxylic acids is 5. The minimum absolute atomic E-state index is 0.00542. The number of carbonyl (C=O) groups is 5. The van der Waals surface area contributed by atoms with E-state index in [0.717, 1.165) is 47.5 Å². The predicted octanol–water partition coefficient (Wildman–Crippen LogP) is 4.94. The third kappa shape index (κ3) is 9.08. The van der Waals surface area contributed by atoms with Gasteiger partial charge in [-0.2, -0.15) is 0 Å². The molecule has 0 spiro atoms. The molecule has 2 saturated heterocycles. The van der Waals surface area contributed by atoms with Gasteiger partial charge in [-0.1, -0.05) is 44.2 Å². The molecule has 2 aromatic rings. The number of thiophene rings is 1. The van der Waals surface area contributed by atoms with E-state index in [2.05, 4.69) is 15.4 Å². The SMILES string of the molecule is Cc1cc(S(=O)(=O)NC(=O)[C@@]23C[C@@H]2CCCCCCC[C@H](NC(=O)OC(C)(C)C)C(=O)N2C[C@H](OC(=O)N4Cc5cccc(F)c5C4)C[C@H]2C(=O)N3)sc1C. The minimum atomic E-state index is -4.25. The van der Waals surface area contributed by atoms with E-state index >= 15 is 0 Å². The Kier molecular flexibility index (Phi) is 11.5. The number of halogens is 1. The van der Waals surface area contributed by atoms with Crippen molar-refractivity contribution in [1.82, 2.24) is 25.2 Å². The number of nitrogens with zero attached hydrogens (tertiary/aromatic N) is 2. The Balaban J connectivity index is 1.26. The van der Waals surface area contributed by atoms with Crippen molar-refractivity contribution in [2.75, 3.05) is 6.54 Å². The first-order valence-corrected chi connectivity index (χ1v) is 21.1. The number of hydrogen-bond acceptors (Lipinski definition) is 10. The number of fused-ring (bicyclic) bond motifs is 3. The summed E-state index contributed by atoms with van der Waals surface area (Å²) in [5, 5.41) is 5.53. The molecule has 4 aliphatic rings. The molecule has 5 amide bonds. The standard InChI is InChI=1S/C38H50FN5O9S2/c1-22-16-31(54-23(22)2)55(50,51)42-34(47)38-18-25(38)13-9-7-6-8-10-15-29(40-35(48)53-37(3,4)5)33(46)44-20-26(17-30(44)32(45)41-38)52-36(49)43-19-24-12-11-14-28(39)27(24)21-43/h11-12,14,16,25-26,29-30H,6-10,13,15,17-21H2,1-5H3,(H,40,48)(H,41,45)(H,42,47)/t25-,26+,29-,30-,38+/m0/s1. The number of sulfonamides is 1. The average Bonchev–Trinajstić information content (AvgIpc) is 3.39.